The van der Waals surface area contributed by atoms with Crippen molar-refractivity contribution in [3.8, 4) is 0 Å². The molecule has 1 aromatic carbocycles. The summed E-state index contributed by atoms with van der Waals surface area (Å²) in [4.78, 5) is 0. The van der Waals surface area contributed by atoms with Gasteiger partial charge in [0.05, 0.1) is 0 Å². The average molecular weight is 226 g/mol. The summed E-state index contributed by atoms with van der Waals surface area (Å²) in [5.41, 5.74) is 8.10. The summed E-state index contributed by atoms with van der Waals surface area (Å²) < 4.78 is 0. The second-order valence-corrected chi connectivity index (χ2v) is 4.82. The summed E-state index contributed by atoms with van der Waals surface area (Å²) in [5.74, 6) is 0.322. The van der Waals surface area contributed by atoms with Gasteiger partial charge in [0.25, 0.3) is 0 Å². The van der Waals surface area contributed by atoms with E-state index in [1.54, 1.807) is 0 Å². The summed E-state index contributed by atoms with van der Waals surface area (Å²) in [6, 6.07) is 6.03. The van der Waals surface area contributed by atoms with Gasteiger partial charge in [0.1, 0.15) is 0 Å². The molecule has 3 N–H and O–H groups in total. The summed E-state index contributed by atoms with van der Waals surface area (Å²) in [7, 11) is 0. The van der Waals surface area contributed by atoms with Gasteiger partial charge in [-0.25, -0.2) is 0 Å². The molecular weight excluding hydrogens is 210 g/mol. The van der Waals surface area contributed by atoms with Gasteiger partial charge in [0.15, 0.2) is 0 Å². The van der Waals surface area contributed by atoms with Crippen LogP contribution in [0, 0.1) is 12.8 Å². The molecule has 1 aliphatic rings. The molecule has 1 aliphatic carbocycles. The standard InChI is InChI=1S/C12H16ClNO/c1-8-4-9(2-3-11(8)13)12(7-14)5-10(12)6-15/h2-4,10,15H,5-7,14H2,1H3/t10-,12+/m1/s1. The molecule has 3 heteroatoms. The van der Waals surface area contributed by atoms with Crippen LogP contribution in [0.4, 0.5) is 0 Å². The lowest BCUT2D eigenvalue weighted by Crippen LogP contribution is -2.23. The molecule has 2 nitrogen and oxygen atoms in total. The highest BCUT2D eigenvalue weighted by Crippen LogP contribution is 2.53. The molecule has 0 radical (unpaired) electrons. The Balaban J connectivity index is 2.33. The van der Waals surface area contributed by atoms with Crippen molar-refractivity contribution >= 4 is 11.6 Å². The van der Waals surface area contributed by atoms with Crippen molar-refractivity contribution in [1.29, 1.82) is 0 Å². The highest BCUT2D eigenvalue weighted by Gasteiger charge is 2.53. The molecule has 0 spiro atoms. The largest absolute Gasteiger partial charge is 0.396 e. The number of aliphatic hydroxyl groups excluding tert-OH is 1. The summed E-state index contributed by atoms with van der Waals surface area (Å²) in [6.45, 7) is 2.81. The monoisotopic (exact) mass is 225 g/mol. The maximum atomic E-state index is 9.18. The Morgan fingerprint density at radius 3 is 2.80 bits per heavy atom. The van der Waals surface area contributed by atoms with Crippen molar-refractivity contribution in [2.75, 3.05) is 13.2 Å². The van der Waals surface area contributed by atoms with E-state index in [0.717, 1.165) is 17.0 Å². The summed E-state index contributed by atoms with van der Waals surface area (Å²) in [5, 5.41) is 9.96. The van der Waals surface area contributed by atoms with E-state index in [1.807, 2.05) is 19.1 Å². The first-order valence-electron chi connectivity index (χ1n) is 5.21. The number of rotatable bonds is 3. The van der Waals surface area contributed by atoms with Gasteiger partial charge in [-0.1, -0.05) is 23.7 Å². The number of aliphatic hydroxyl groups is 1. The molecule has 15 heavy (non-hydrogen) atoms. The molecule has 0 heterocycles. The lowest BCUT2D eigenvalue weighted by molar-refractivity contribution is 0.264. The molecule has 1 fully saturated rings. The van der Waals surface area contributed by atoms with Gasteiger partial charge >= 0.3 is 0 Å². The molecule has 0 unspecified atom stereocenters. The minimum Gasteiger partial charge on any atom is -0.396 e. The maximum absolute atomic E-state index is 9.18. The second-order valence-electron chi connectivity index (χ2n) is 4.41. The molecule has 0 aliphatic heterocycles. The number of halogens is 1. The van der Waals surface area contributed by atoms with Crippen LogP contribution >= 0.6 is 11.6 Å². The third-order valence-corrected chi connectivity index (χ3v) is 3.97. The smallest absolute Gasteiger partial charge is 0.0468 e. The molecule has 2 rings (SSSR count). The quantitative estimate of drug-likeness (QED) is 0.825. The topological polar surface area (TPSA) is 46.2 Å². The molecule has 2 atom stereocenters. The zero-order valence-electron chi connectivity index (χ0n) is 8.83. The Labute approximate surface area is 95.1 Å². The normalized spacial score (nSPS) is 29.2. The number of hydrogen-bond donors (Lipinski definition) is 2. The molecule has 82 valence electrons. The zero-order valence-corrected chi connectivity index (χ0v) is 9.59. The fourth-order valence-corrected chi connectivity index (χ4v) is 2.41. The van der Waals surface area contributed by atoms with Gasteiger partial charge in [-0.2, -0.15) is 0 Å². The van der Waals surface area contributed by atoms with Crippen LogP contribution in [0.15, 0.2) is 18.2 Å². The number of hydrogen-bond acceptors (Lipinski definition) is 2. The van der Waals surface area contributed by atoms with Gasteiger partial charge in [-0.15, -0.1) is 0 Å². The van der Waals surface area contributed by atoms with Crippen LogP contribution in [-0.4, -0.2) is 18.3 Å². The van der Waals surface area contributed by atoms with Crippen LogP contribution in [0.1, 0.15) is 17.5 Å². The van der Waals surface area contributed by atoms with E-state index in [-0.39, 0.29) is 12.0 Å². The minimum atomic E-state index is 0.00407. The number of benzene rings is 1. The fourth-order valence-electron chi connectivity index (χ4n) is 2.30. The van der Waals surface area contributed by atoms with Crippen LogP contribution in [0.2, 0.25) is 5.02 Å². The molecule has 1 aromatic rings. The first-order chi connectivity index (χ1) is 7.14. The number of nitrogens with two attached hydrogens (primary N) is 1. The Kier molecular flexibility index (Phi) is 2.75. The number of aryl methyl sites for hydroxylation is 1. The van der Waals surface area contributed by atoms with Crippen LogP contribution in [-0.2, 0) is 5.41 Å². The van der Waals surface area contributed by atoms with Gasteiger partial charge in [0.2, 0.25) is 0 Å². The lowest BCUT2D eigenvalue weighted by Gasteiger charge is -2.16. The Morgan fingerprint density at radius 2 is 2.33 bits per heavy atom. The minimum absolute atomic E-state index is 0.00407. The van der Waals surface area contributed by atoms with Gasteiger partial charge < -0.3 is 10.8 Å². The van der Waals surface area contributed by atoms with Gasteiger partial charge in [0, 0.05) is 23.6 Å². The van der Waals surface area contributed by atoms with Crippen molar-refractivity contribution < 1.29 is 5.11 Å². The molecular formula is C12H16ClNO. The predicted octanol–water partition coefficient (Wildman–Crippen LogP) is 1.86. The molecule has 1 saturated carbocycles. The second kappa shape index (κ2) is 3.78. The fraction of sp³-hybridized carbons (Fsp3) is 0.500. The molecule has 0 amide bonds. The zero-order chi connectivity index (χ0) is 11.1. The third-order valence-electron chi connectivity index (χ3n) is 3.55. The Hall–Kier alpha value is -0.570. The van der Waals surface area contributed by atoms with E-state index in [4.69, 9.17) is 17.3 Å². The summed E-state index contributed by atoms with van der Waals surface area (Å²) >= 11 is 5.98. The van der Waals surface area contributed by atoms with Crippen molar-refractivity contribution in [3.05, 3.63) is 34.3 Å². The van der Waals surface area contributed by atoms with Crippen molar-refractivity contribution in [1.82, 2.24) is 0 Å². The van der Waals surface area contributed by atoms with E-state index in [1.165, 1.54) is 5.56 Å². The van der Waals surface area contributed by atoms with E-state index in [0.29, 0.717) is 12.5 Å². The summed E-state index contributed by atoms with van der Waals surface area (Å²) in [6.07, 6.45) is 0.987. The van der Waals surface area contributed by atoms with Crippen LogP contribution in [0.5, 0.6) is 0 Å². The maximum Gasteiger partial charge on any atom is 0.0468 e. The SMILES string of the molecule is Cc1cc([C@@]2(CN)C[C@@H]2CO)ccc1Cl. The first kappa shape index (κ1) is 10.9. The van der Waals surface area contributed by atoms with E-state index < -0.39 is 0 Å². The molecule has 0 saturated heterocycles. The van der Waals surface area contributed by atoms with Crippen LogP contribution in [0.25, 0.3) is 0 Å². The van der Waals surface area contributed by atoms with Gasteiger partial charge in [-0.3, -0.25) is 0 Å². The van der Waals surface area contributed by atoms with Gasteiger partial charge in [-0.05, 0) is 36.5 Å². The Bertz CT molecular complexity index is 380. The van der Waals surface area contributed by atoms with Crippen molar-refractivity contribution in [2.45, 2.75) is 18.8 Å². The molecule has 0 bridgehead atoms. The molecule has 0 aromatic heterocycles. The van der Waals surface area contributed by atoms with E-state index in [9.17, 15) is 5.11 Å². The van der Waals surface area contributed by atoms with Crippen LogP contribution < -0.4 is 5.73 Å². The lowest BCUT2D eigenvalue weighted by atomic mass is 9.92. The first-order valence-corrected chi connectivity index (χ1v) is 5.59. The Morgan fingerprint density at radius 1 is 1.60 bits per heavy atom. The van der Waals surface area contributed by atoms with Crippen LogP contribution in [0.3, 0.4) is 0 Å². The highest BCUT2D eigenvalue weighted by molar-refractivity contribution is 6.31. The van der Waals surface area contributed by atoms with E-state index >= 15 is 0 Å². The average Bonchev–Trinajstić information content (AvgIpc) is 2.97. The van der Waals surface area contributed by atoms with Crippen molar-refractivity contribution in [3.63, 3.8) is 0 Å². The predicted molar refractivity (Wildman–Crippen MR) is 62.1 cm³/mol. The van der Waals surface area contributed by atoms with E-state index in [2.05, 4.69) is 6.07 Å². The third kappa shape index (κ3) is 1.67. The highest BCUT2D eigenvalue weighted by atomic mass is 35.5. The van der Waals surface area contributed by atoms with Crippen molar-refractivity contribution in [2.24, 2.45) is 11.7 Å².